The minimum Gasteiger partial charge on any atom is -0.492 e. The lowest BCUT2D eigenvalue weighted by atomic mass is 10.3. The Morgan fingerprint density at radius 2 is 1.61 bits per heavy atom. The first-order valence-corrected chi connectivity index (χ1v) is 11.5. The van der Waals surface area contributed by atoms with Gasteiger partial charge in [-0.3, -0.25) is 9.10 Å². The molecule has 0 atom stereocenters. The van der Waals surface area contributed by atoms with Gasteiger partial charge >= 0.3 is 0 Å². The van der Waals surface area contributed by atoms with E-state index in [2.05, 4.69) is 5.32 Å². The average Bonchev–Trinajstić information content (AvgIpc) is 2.76. The highest BCUT2D eigenvalue weighted by Gasteiger charge is 2.27. The van der Waals surface area contributed by atoms with Crippen LogP contribution in [-0.4, -0.2) is 34.0 Å². The highest BCUT2D eigenvalue weighted by Crippen LogP contribution is 2.26. The average molecular weight is 479 g/mol. The first-order chi connectivity index (χ1) is 14.9. The van der Waals surface area contributed by atoms with Crippen LogP contribution in [0.2, 0.25) is 10.0 Å². The van der Waals surface area contributed by atoms with Gasteiger partial charge in [-0.1, -0.05) is 47.5 Å². The van der Waals surface area contributed by atoms with E-state index < -0.39 is 22.5 Å². The maximum atomic E-state index is 13.2. The van der Waals surface area contributed by atoms with Crippen molar-refractivity contribution in [1.82, 2.24) is 5.32 Å². The summed E-state index contributed by atoms with van der Waals surface area (Å²) in [6.07, 6.45) is 0. The largest absolute Gasteiger partial charge is 0.492 e. The third-order valence-electron chi connectivity index (χ3n) is 4.22. The molecule has 3 aromatic rings. The smallest absolute Gasteiger partial charge is 0.264 e. The monoisotopic (exact) mass is 478 g/mol. The summed E-state index contributed by atoms with van der Waals surface area (Å²) >= 11 is 11.9. The van der Waals surface area contributed by atoms with Crippen molar-refractivity contribution in [2.75, 3.05) is 24.0 Å². The molecule has 1 amide bonds. The number of benzene rings is 3. The van der Waals surface area contributed by atoms with Gasteiger partial charge in [0.1, 0.15) is 18.9 Å². The maximum absolute atomic E-state index is 13.2. The molecule has 6 nitrogen and oxygen atoms in total. The van der Waals surface area contributed by atoms with Crippen molar-refractivity contribution >= 4 is 44.8 Å². The van der Waals surface area contributed by atoms with Crippen LogP contribution in [0.3, 0.4) is 0 Å². The van der Waals surface area contributed by atoms with Crippen molar-refractivity contribution < 1.29 is 17.9 Å². The van der Waals surface area contributed by atoms with E-state index in [-0.39, 0.29) is 23.7 Å². The molecule has 0 heterocycles. The zero-order chi connectivity index (χ0) is 22.3. The van der Waals surface area contributed by atoms with Gasteiger partial charge in [0.15, 0.2) is 0 Å². The molecule has 9 heteroatoms. The van der Waals surface area contributed by atoms with Crippen molar-refractivity contribution in [3.8, 4) is 5.75 Å². The number of anilines is 1. The number of rotatable bonds is 9. The van der Waals surface area contributed by atoms with Crippen LogP contribution in [0.5, 0.6) is 5.75 Å². The minimum atomic E-state index is -4.03. The molecule has 3 aromatic carbocycles. The Kier molecular flexibility index (Phi) is 7.79. The van der Waals surface area contributed by atoms with E-state index in [4.69, 9.17) is 27.9 Å². The van der Waals surface area contributed by atoms with Crippen molar-refractivity contribution in [1.29, 1.82) is 0 Å². The fourth-order valence-electron chi connectivity index (χ4n) is 2.74. The first kappa shape index (κ1) is 22.9. The Morgan fingerprint density at radius 3 is 2.29 bits per heavy atom. The topological polar surface area (TPSA) is 75.7 Å². The van der Waals surface area contributed by atoms with Crippen molar-refractivity contribution in [3.05, 3.63) is 88.9 Å². The van der Waals surface area contributed by atoms with E-state index in [9.17, 15) is 13.2 Å². The predicted molar refractivity (Wildman–Crippen MR) is 122 cm³/mol. The fourth-order valence-corrected chi connectivity index (χ4v) is 4.47. The summed E-state index contributed by atoms with van der Waals surface area (Å²) in [7, 11) is -4.03. The van der Waals surface area contributed by atoms with E-state index in [1.807, 2.05) is 18.2 Å². The summed E-state index contributed by atoms with van der Waals surface area (Å²) < 4.78 is 33.0. The van der Waals surface area contributed by atoms with Crippen molar-refractivity contribution in [3.63, 3.8) is 0 Å². The zero-order valence-corrected chi connectivity index (χ0v) is 18.7. The Morgan fingerprint density at radius 1 is 0.903 bits per heavy atom. The molecule has 162 valence electrons. The van der Waals surface area contributed by atoms with Gasteiger partial charge in [-0.25, -0.2) is 8.42 Å². The Bertz CT molecular complexity index is 1120. The normalized spacial score (nSPS) is 11.0. The van der Waals surface area contributed by atoms with Gasteiger partial charge in [0.25, 0.3) is 10.0 Å². The molecule has 1 N–H and O–H groups in total. The number of nitrogens with zero attached hydrogens (tertiary/aromatic N) is 1. The van der Waals surface area contributed by atoms with Crippen LogP contribution >= 0.6 is 23.2 Å². The number of para-hydroxylation sites is 1. The second-order valence-electron chi connectivity index (χ2n) is 6.46. The molecule has 0 aliphatic carbocycles. The number of hydrogen-bond donors (Lipinski definition) is 1. The van der Waals surface area contributed by atoms with Gasteiger partial charge in [0.05, 0.1) is 17.1 Å². The summed E-state index contributed by atoms with van der Waals surface area (Å²) in [4.78, 5) is 12.5. The van der Waals surface area contributed by atoms with Gasteiger partial charge in [0.2, 0.25) is 5.91 Å². The molecule has 0 saturated heterocycles. The second-order valence-corrected chi connectivity index (χ2v) is 9.19. The van der Waals surface area contributed by atoms with Gasteiger partial charge in [-0.2, -0.15) is 0 Å². The molecule has 3 rings (SSSR count). The van der Waals surface area contributed by atoms with Gasteiger partial charge in [0, 0.05) is 10.0 Å². The van der Waals surface area contributed by atoms with Crippen molar-refractivity contribution in [2.24, 2.45) is 0 Å². The highest BCUT2D eigenvalue weighted by molar-refractivity contribution is 7.92. The highest BCUT2D eigenvalue weighted by atomic mass is 35.5. The zero-order valence-electron chi connectivity index (χ0n) is 16.4. The van der Waals surface area contributed by atoms with Crippen molar-refractivity contribution in [2.45, 2.75) is 4.90 Å². The molecule has 0 fully saturated rings. The molecule has 0 bridgehead atoms. The van der Waals surface area contributed by atoms with Crippen LogP contribution in [0.4, 0.5) is 5.69 Å². The number of carbonyl (C=O) groups is 1. The van der Waals surface area contributed by atoms with Crippen LogP contribution < -0.4 is 14.4 Å². The summed E-state index contributed by atoms with van der Waals surface area (Å²) in [5.41, 5.74) is 0.276. The summed E-state index contributed by atoms with van der Waals surface area (Å²) in [6, 6.07) is 21.2. The number of amides is 1. The van der Waals surface area contributed by atoms with Gasteiger partial charge in [-0.15, -0.1) is 0 Å². The molecular weight excluding hydrogens is 459 g/mol. The fraction of sp³-hybridized carbons (Fsp3) is 0.136. The summed E-state index contributed by atoms with van der Waals surface area (Å²) in [5, 5.41) is 3.44. The SMILES string of the molecule is O=C(CN(c1cccc(Cl)c1)S(=O)(=O)c1ccc(Cl)cc1)NCCOc1ccccc1. The second kappa shape index (κ2) is 10.5. The number of hydrogen-bond acceptors (Lipinski definition) is 4. The standard InChI is InChI=1S/C22H20Cl2N2O4S/c23-17-9-11-21(12-10-17)31(28,29)26(19-6-4-5-18(24)15-19)16-22(27)25-13-14-30-20-7-2-1-3-8-20/h1-12,15H,13-14,16H2,(H,25,27). The number of nitrogens with one attached hydrogen (secondary N) is 1. The molecule has 0 radical (unpaired) electrons. The van der Waals surface area contributed by atoms with E-state index in [0.717, 1.165) is 4.31 Å². The quantitative estimate of drug-likeness (QED) is 0.462. The number of carbonyl (C=O) groups excluding carboxylic acids is 1. The Balaban J connectivity index is 1.72. The lowest BCUT2D eigenvalue weighted by Gasteiger charge is -2.24. The molecule has 31 heavy (non-hydrogen) atoms. The third-order valence-corrected chi connectivity index (χ3v) is 6.50. The number of ether oxygens (including phenoxy) is 1. The lowest BCUT2D eigenvalue weighted by Crippen LogP contribution is -2.41. The number of halogens is 2. The minimum absolute atomic E-state index is 0.0112. The molecule has 0 aliphatic rings. The molecule has 0 unspecified atom stereocenters. The van der Waals surface area contributed by atoms with Crippen LogP contribution in [0.15, 0.2) is 83.8 Å². The number of sulfonamides is 1. The van der Waals surface area contributed by atoms with E-state index in [1.54, 1.807) is 30.3 Å². The summed E-state index contributed by atoms with van der Waals surface area (Å²) in [5.74, 6) is 0.205. The molecule has 0 aromatic heterocycles. The Labute approximate surface area is 191 Å². The van der Waals surface area contributed by atoms with Crippen LogP contribution in [0, 0.1) is 0 Å². The predicted octanol–water partition coefficient (Wildman–Crippen LogP) is 4.38. The van der Waals surface area contributed by atoms with E-state index in [0.29, 0.717) is 15.8 Å². The molecule has 0 spiro atoms. The molecule has 0 saturated carbocycles. The third kappa shape index (κ3) is 6.37. The van der Waals surface area contributed by atoms with Gasteiger partial charge < -0.3 is 10.1 Å². The molecule has 0 aliphatic heterocycles. The first-order valence-electron chi connectivity index (χ1n) is 9.35. The van der Waals surface area contributed by atoms with Crippen LogP contribution in [0.25, 0.3) is 0 Å². The van der Waals surface area contributed by atoms with E-state index >= 15 is 0 Å². The summed E-state index contributed by atoms with van der Waals surface area (Å²) in [6.45, 7) is 0.0472. The van der Waals surface area contributed by atoms with Crippen LogP contribution in [0.1, 0.15) is 0 Å². The van der Waals surface area contributed by atoms with Crippen LogP contribution in [-0.2, 0) is 14.8 Å². The lowest BCUT2D eigenvalue weighted by molar-refractivity contribution is -0.119. The molecular formula is C22H20Cl2N2O4S. The maximum Gasteiger partial charge on any atom is 0.264 e. The van der Waals surface area contributed by atoms with E-state index in [1.165, 1.54) is 30.3 Å². The van der Waals surface area contributed by atoms with Gasteiger partial charge in [-0.05, 0) is 54.6 Å². The Hall–Kier alpha value is -2.74.